The molecule has 0 heterocycles. The first-order chi connectivity index (χ1) is 7.80. The van der Waals surface area contributed by atoms with E-state index in [1.54, 1.807) is 0 Å². The van der Waals surface area contributed by atoms with Crippen molar-refractivity contribution in [2.24, 2.45) is 5.92 Å². The Bertz CT molecular complexity index is 432. The van der Waals surface area contributed by atoms with Gasteiger partial charge in [-0.1, -0.05) is 13.8 Å². The highest BCUT2D eigenvalue weighted by atomic mass is 19.4. The lowest BCUT2D eigenvalue weighted by Gasteiger charge is -2.17. The maximum absolute atomic E-state index is 13.8. The molecule has 94 valence electrons. The largest absolute Gasteiger partial charge is 0.416 e. The molecule has 0 saturated carbocycles. The molecule has 1 atom stereocenters. The Morgan fingerprint density at radius 1 is 1.24 bits per heavy atom. The molecule has 1 aliphatic rings. The first-order valence-electron chi connectivity index (χ1n) is 5.70. The quantitative estimate of drug-likeness (QED) is 0.638. The Labute approximate surface area is 97.6 Å². The summed E-state index contributed by atoms with van der Waals surface area (Å²) in [5.41, 5.74) is 0.141. The van der Waals surface area contributed by atoms with Gasteiger partial charge >= 0.3 is 6.18 Å². The molecule has 0 bridgehead atoms. The van der Waals surface area contributed by atoms with Crippen molar-refractivity contribution < 1.29 is 17.6 Å². The van der Waals surface area contributed by atoms with Gasteiger partial charge in [0, 0.05) is 0 Å². The molecule has 1 unspecified atom stereocenters. The average molecular weight is 246 g/mol. The summed E-state index contributed by atoms with van der Waals surface area (Å²) < 4.78 is 51.4. The molecule has 0 spiro atoms. The van der Waals surface area contributed by atoms with Crippen molar-refractivity contribution in [2.45, 2.75) is 38.8 Å². The van der Waals surface area contributed by atoms with E-state index in [1.807, 2.05) is 13.8 Å². The fourth-order valence-corrected chi connectivity index (χ4v) is 2.58. The van der Waals surface area contributed by atoms with Crippen LogP contribution in [0.3, 0.4) is 0 Å². The summed E-state index contributed by atoms with van der Waals surface area (Å²) in [5, 5.41) is 0. The van der Waals surface area contributed by atoms with Gasteiger partial charge in [0.05, 0.1) is 5.56 Å². The monoisotopic (exact) mass is 246 g/mol. The van der Waals surface area contributed by atoms with Gasteiger partial charge in [0.15, 0.2) is 0 Å². The van der Waals surface area contributed by atoms with Crippen LogP contribution in [0.4, 0.5) is 17.6 Å². The highest BCUT2D eigenvalue weighted by Crippen LogP contribution is 2.42. The summed E-state index contributed by atoms with van der Waals surface area (Å²) in [6.07, 6.45) is -3.18. The van der Waals surface area contributed by atoms with E-state index in [4.69, 9.17) is 0 Å². The standard InChI is InChI=1S/C13H14F4/c1-7(2)10-4-3-8-5-9(13(15,16)17)6-11(14)12(8)10/h5-7,10H,3-4H2,1-2H3. The molecule has 1 aromatic rings. The Kier molecular flexibility index (Phi) is 2.92. The Morgan fingerprint density at radius 2 is 1.88 bits per heavy atom. The van der Waals surface area contributed by atoms with Crippen LogP contribution in [0.15, 0.2) is 12.1 Å². The van der Waals surface area contributed by atoms with Gasteiger partial charge in [-0.25, -0.2) is 4.39 Å². The molecule has 2 rings (SSSR count). The predicted molar refractivity (Wildman–Crippen MR) is 57.3 cm³/mol. The number of alkyl halides is 3. The second-order valence-electron chi connectivity index (χ2n) is 4.92. The van der Waals surface area contributed by atoms with Crippen molar-refractivity contribution in [3.8, 4) is 0 Å². The van der Waals surface area contributed by atoms with Crippen molar-refractivity contribution >= 4 is 0 Å². The first-order valence-corrected chi connectivity index (χ1v) is 5.70. The second kappa shape index (κ2) is 4.00. The van der Waals surface area contributed by atoms with Crippen molar-refractivity contribution in [3.05, 3.63) is 34.6 Å². The number of halogens is 4. The molecule has 0 aromatic heterocycles. The van der Waals surface area contributed by atoms with Crippen LogP contribution < -0.4 is 0 Å². The number of hydrogen-bond donors (Lipinski definition) is 0. The van der Waals surface area contributed by atoms with E-state index in [0.717, 1.165) is 12.5 Å². The third-order valence-corrected chi connectivity index (χ3v) is 3.44. The number of hydrogen-bond acceptors (Lipinski definition) is 0. The normalized spacial score (nSPS) is 19.8. The molecule has 0 nitrogen and oxygen atoms in total. The van der Waals surface area contributed by atoms with Crippen LogP contribution in [0, 0.1) is 11.7 Å². The van der Waals surface area contributed by atoms with Gasteiger partial charge in [-0.05, 0) is 47.9 Å². The molecule has 0 aliphatic heterocycles. The first kappa shape index (κ1) is 12.4. The number of fused-ring (bicyclic) bond motifs is 1. The fourth-order valence-electron chi connectivity index (χ4n) is 2.58. The lowest BCUT2D eigenvalue weighted by atomic mass is 9.89. The third kappa shape index (κ3) is 2.17. The van der Waals surface area contributed by atoms with Crippen LogP contribution in [0.1, 0.15) is 42.9 Å². The molecular formula is C13H14F4. The van der Waals surface area contributed by atoms with E-state index >= 15 is 0 Å². The van der Waals surface area contributed by atoms with Crippen LogP contribution in [-0.4, -0.2) is 0 Å². The highest BCUT2D eigenvalue weighted by Gasteiger charge is 2.35. The number of benzene rings is 1. The number of aryl methyl sites for hydroxylation is 1. The van der Waals surface area contributed by atoms with Gasteiger partial charge in [0.25, 0.3) is 0 Å². The summed E-state index contributed by atoms with van der Waals surface area (Å²) in [6.45, 7) is 3.94. The third-order valence-electron chi connectivity index (χ3n) is 3.44. The lowest BCUT2D eigenvalue weighted by Crippen LogP contribution is -2.09. The van der Waals surface area contributed by atoms with E-state index in [2.05, 4.69) is 0 Å². The van der Waals surface area contributed by atoms with Gasteiger partial charge in [0.1, 0.15) is 5.82 Å². The molecule has 4 heteroatoms. The van der Waals surface area contributed by atoms with Crippen LogP contribution in [0.25, 0.3) is 0 Å². The van der Waals surface area contributed by atoms with Crippen molar-refractivity contribution in [1.82, 2.24) is 0 Å². The Morgan fingerprint density at radius 3 is 2.41 bits per heavy atom. The molecule has 0 amide bonds. The maximum Gasteiger partial charge on any atom is 0.416 e. The van der Waals surface area contributed by atoms with Crippen LogP contribution in [0.5, 0.6) is 0 Å². The van der Waals surface area contributed by atoms with E-state index in [9.17, 15) is 17.6 Å². The SMILES string of the molecule is CC(C)C1CCc2cc(C(F)(F)F)cc(F)c21. The van der Waals surface area contributed by atoms with Crippen LogP contribution >= 0.6 is 0 Å². The summed E-state index contributed by atoms with van der Waals surface area (Å²) in [4.78, 5) is 0. The summed E-state index contributed by atoms with van der Waals surface area (Å²) in [7, 11) is 0. The molecule has 0 fully saturated rings. The second-order valence-corrected chi connectivity index (χ2v) is 4.92. The van der Waals surface area contributed by atoms with Crippen LogP contribution in [0.2, 0.25) is 0 Å². The van der Waals surface area contributed by atoms with E-state index in [-0.39, 0.29) is 11.8 Å². The van der Waals surface area contributed by atoms with E-state index < -0.39 is 17.6 Å². The van der Waals surface area contributed by atoms with Crippen molar-refractivity contribution in [3.63, 3.8) is 0 Å². The lowest BCUT2D eigenvalue weighted by molar-refractivity contribution is -0.137. The molecule has 0 saturated heterocycles. The smallest absolute Gasteiger partial charge is 0.207 e. The van der Waals surface area contributed by atoms with Gasteiger partial charge in [-0.3, -0.25) is 0 Å². The van der Waals surface area contributed by atoms with Crippen molar-refractivity contribution in [1.29, 1.82) is 0 Å². The van der Waals surface area contributed by atoms with E-state index in [0.29, 0.717) is 23.6 Å². The predicted octanol–water partition coefficient (Wildman–Crippen LogP) is 4.53. The zero-order valence-corrected chi connectivity index (χ0v) is 9.74. The minimum atomic E-state index is -4.47. The summed E-state index contributed by atoms with van der Waals surface area (Å²) in [5.74, 6) is -0.402. The zero-order chi connectivity index (χ0) is 12.8. The maximum atomic E-state index is 13.8. The number of rotatable bonds is 1. The van der Waals surface area contributed by atoms with Gasteiger partial charge in [0.2, 0.25) is 0 Å². The topological polar surface area (TPSA) is 0 Å². The minimum absolute atomic E-state index is 0.0484. The van der Waals surface area contributed by atoms with Crippen LogP contribution in [-0.2, 0) is 12.6 Å². The van der Waals surface area contributed by atoms with Gasteiger partial charge in [-0.15, -0.1) is 0 Å². The molecule has 17 heavy (non-hydrogen) atoms. The molecule has 1 aromatic carbocycles. The summed E-state index contributed by atoms with van der Waals surface area (Å²) >= 11 is 0. The summed E-state index contributed by atoms with van der Waals surface area (Å²) in [6, 6.07) is 1.72. The van der Waals surface area contributed by atoms with Crippen molar-refractivity contribution in [2.75, 3.05) is 0 Å². The molecular weight excluding hydrogens is 232 g/mol. The highest BCUT2D eigenvalue weighted by molar-refractivity contribution is 5.40. The van der Waals surface area contributed by atoms with Gasteiger partial charge in [-0.2, -0.15) is 13.2 Å². The molecule has 1 aliphatic carbocycles. The van der Waals surface area contributed by atoms with Gasteiger partial charge < -0.3 is 0 Å². The Hall–Kier alpha value is -1.06. The Balaban J connectivity index is 2.49. The molecule has 0 radical (unpaired) electrons. The minimum Gasteiger partial charge on any atom is -0.207 e. The average Bonchev–Trinajstić information content (AvgIpc) is 2.60. The van der Waals surface area contributed by atoms with E-state index in [1.165, 1.54) is 0 Å². The zero-order valence-electron chi connectivity index (χ0n) is 9.74. The molecule has 0 N–H and O–H groups in total. The fraction of sp³-hybridized carbons (Fsp3) is 0.538.